The monoisotopic (exact) mass is 280 g/mol. The Kier molecular flexibility index (Phi) is 3.47. The van der Waals surface area contributed by atoms with Gasteiger partial charge in [0.1, 0.15) is 0 Å². The van der Waals surface area contributed by atoms with Gasteiger partial charge in [-0.2, -0.15) is 5.10 Å². The lowest BCUT2D eigenvalue weighted by Crippen LogP contribution is -2.15. The van der Waals surface area contributed by atoms with Gasteiger partial charge < -0.3 is 5.73 Å². The Balaban J connectivity index is 1.99. The molecular weight excluding hydrogens is 260 g/mol. The van der Waals surface area contributed by atoms with Gasteiger partial charge in [-0.25, -0.2) is 0 Å². The van der Waals surface area contributed by atoms with Crippen LogP contribution in [0.4, 0.5) is 0 Å². The maximum Gasteiger partial charge on any atom is 0.0629 e. The van der Waals surface area contributed by atoms with E-state index in [4.69, 9.17) is 5.73 Å². The van der Waals surface area contributed by atoms with Crippen molar-refractivity contribution < 1.29 is 0 Å². The molecule has 2 N–H and O–H groups in total. The SMILES string of the molecule is Cc1nn(C)c(C)c1CC(N)c1cncc2ccccc12. The zero-order valence-corrected chi connectivity index (χ0v) is 12.7. The molecule has 1 unspecified atom stereocenters. The molecule has 0 amide bonds. The number of pyridine rings is 1. The van der Waals surface area contributed by atoms with E-state index in [1.807, 2.05) is 43.2 Å². The zero-order chi connectivity index (χ0) is 15.0. The van der Waals surface area contributed by atoms with E-state index in [1.165, 1.54) is 16.6 Å². The smallest absolute Gasteiger partial charge is 0.0629 e. The maximum atomic E-state index is 6.46. The average molecular weight is 280 g/mol. The largest absolute Gasteiger partial charge is 0.324 e. The van der Waals surface area contributed by atoms with Crippen molar-refractivity contribution in [3.05, 3.63) is 59.2 Å². The minimum Gasteiger partial charge on any atom is -0.324 e. The number of rotatable bonds is 3. The summed E-state index contributed by atoms with van der Waals surface area (Å²) in [6.45, 7) is 4.12. The van der Waals surface area contributed by atoms with Crippen molar-refractivity contribution in [2.24, 2.45) is 12.8 Å². The van der Waals surface area contributed by atoms with Crippen LogP contribution in [0.3, 0.4) is 0 Å². The van der Waals surface area contributed by atoms with Gasteiger partial charge in [0, 0.05) is 36.6 Å². The third-order valence-electron chi connectivity index (χ3n) is 4.18. The Hall–Kier alpha value is -2.20. The second-order valence-electron chi connectivity index (χ2n) is 5.53. The minimum atomic E-state index is -0.0785. The number of hydrogen-bond donors (Lipinski definition) is 1. The third kappa shape index (κ3) is 2.43. The van der Waals surface area contributed by atoms with Crippen LogP contribution in [0, 0.1) is 13.8 Å². The van der Waals surface area contributed by atoms with Crippen LogP contribution in [0.25, 0.3) is 10.8 Å². The first kappa shape index (κ1) is 13.8. The fourth-order valence-corrected chi connectivity index (χ4v) is 2.88. The summed E-state index contributed by atoms with van der Waals surface area (Å²) < 4.78 is 1.92. The van der Waals surface area contributed by atoms with E-state index in [9.17, 15) is 0 Å². The Bertz CT molecular complexity index is 783. The molecule has 2 aromatic heterocycles. The third-order valence-corrected chi connectivity index (χ3v) is 4.18. The van der Waals surface area contributed by atoms with Crippen molar-refractivity contribution in [2.45, 2.75) is 26.3 Å². The Morgan fingerprint density at radius 2 is 1.95 bits per heavy atom. The number of nitrogens with two attached hydrogens (primary N) is 1. The van der Waals surface area contributed by atoms with Gasteiger partial charge in [-0.15, -0.1) is 0 Å². The molecule has 1 atom stereocenters. The van der Waals surface area contributed by atoms with Crippen molar-refractivity contribution in [3.8, 4) is 0 Å². The maximum absolute atomic E-state index is 6.46. The predicted molar refractivity (Wildman–Crippen MR) is 85.1 cm³/mol. The van der Waals surface area contributed by atoms with E-state index in [2.05, 4.69) is 29.1 Å². The van der Waals surface area contributed by atoms with Crippen LogP contribution < -0.4 is 5.73 Å². The zero-order valence-electron chi connectivity index (χ0n) is 12.7. The van der Waals surface area contributed by atoms with Crippen LogP contribution in [0.15, 0.2) is 36.7 Å². The van der Waals surface area contributed by atoms with Gasteiger partial charge in [-0.1, -0.05) is 24.3 Å². The molecule has 0 bridgehead atoms. The molecule has 3 aromatic rings. The summed E-state index contributed by atoms with van der Waals surface area (Å²) in [5.41, 5.74) is 11.0. The summed E-state index contributed by atoms with van der Waals surface area (Å²) >= 11 is 0. The minimum absolute atomic E-state index is 0.0785. The van der Waals surface area contributed by atoms with Crippen molar-refractivity contribution >= 4 is 10.8 Å². The summed E-state index contributed by atoms with van der Waals surface area (Å²) in [6.07, 6.45) is 4.54. The van der Waals surface area contributed by atoms with E-state index in [-0.39, 0.29) is 6.04 Å². The molecule has 21 heavy (non-hydrogen) atoms. The first-order chi connectivity index (χ1) is 10.1. The van der Waals surface area contributed by atoms with Crippen molar-refractivity contribution in [2.75, 3.05) is 0 Å². The molecule has 0 fully saturated rings. The lowest BCUT2D eigenvalue weighted by Gasteiger charge is -2.14. The van der Waals surface area contributed by atoms with E-state index in [0.717, 1.165) is 23.1 Å². The first-order valence-electron chi connectivity index (χ1n) is 7.15. The summed E-state index contributed by atoms with van der Waals surface area (Å²) in [7, 11) is 1.97. The normalized spacial score (nSPS) is 12.8. The van der Waals surface area contributed by atoms with Gasteiger partial charge >= 0.3 is 0 Å². The molecule has 0 aliphatic rings. The second-order valence-corrected chi connectivity index (χ2v) is 5.53. The average Bonchev–Trinajstić information content (AvgIpc) is 2.73. The summed E-state index contributed by atoms with van der Waals surface area (Å²) in [4.78, 5) is 4.32. The Morgan fingerprint density at radius 1 is 1.19 bits per heavy atom. The molecule has 0 aliphatic heterocycles. The molecule has 0 radical (unpaired) electrons. The van der Waals surface area contributed by atoms with Crippen LogP contribution in [-0.4, -0.2) is 14.8 Å². The van der Waals surface area contributed by atoms with Crippen molar-refractivity contribution in [3.63, 3.8) is 0 Å². The number of nitrogens with zero attached hydrogens (tertiary/aromatic N) is 3. The van der Waals surface area contributed by atoms with Crippen molar-refractivity contribution in [1.29, 1.82) is 0 Å². The molecule has 0 spiro atoms. The molecule has 4 heteroatoms. The number of fused-ring (bicyclic) bond motifs is 1. The van der Waals surface area contributed by atoms with Crippen LogP contribution in [-0.2, 0) is 13.5 Å². The van der Waals surface area contributed by atoms with E-state index >= 15 is 0 Å². The van der Waals surface area contributed by atoms with Gasteiger partial charge in [-0.05, 0) is 36.8 Å². The van der Waals surface area contributed by atoms with Crippen LogP contribution in [0.2, 0.25) is 0 Å². The molecule has 3 rings (SSSR count). The molecule has 0 saturated carbocycles. The predicted octanol–water partition coefficient (Wildman–Crippen LogP) is 2.83. The summed E-state index contributed by atoms with van der Waals surface area (Å²) in [5, 5.41) is 6.77. The lowest BCUT2D eigenvalue weighted by atomic mass is 9.96. The fraction of sp³-hybridized carbons (Fsp3) is 0.294. The topological polar surface area (TPSA) is 56.7 Å². The Morgan fingerprint density at radius 3 is 2.67 bits per heavy atom. The molecule has 2 heterocycles. The van der Waals surface area contributed by atoms with Crippen LogP contribution in [0.1, 0.15) is 28.6 Å². The van der Waals surface area contributed by atoms with Gasteiger partial charge in [-0.3, -0.25) is 9.67 Å². The quantitative estimate of drug-likeness (QED) is 0.802. The molecule has 108 valence electrons. The molecule has 0 saturated heterocycles. The number of hydrogen-bond acceptors (Lipinski definition) is 3. The summed E-state index contributed by atoms with van der Waals surface area (Å²) in [5.74, 6) is 0. The van der Waals surface area contributed by atoms with Gasteiger partial charge in [0.25, 0.3) is 0 Å². The van der Waals surface area contributed by atoms with E-state index in [1.54, 1.807) is 0 Å². The number of aromatic nitrogens is 3. The van der Waals surface area contributed by atoms with Crippen molar-refractivity contribution in [1.82, 2.24) is 14.8 Å². The highest BCUT2D eigenvalue weighted by Crippen LogP contribution is 2.26. The van der Waals surface area contributed by atoms with E-state index in [0.29, 0.717) is 0 Å². The van der Waals surface area contributed by atoms with Gasteiger partial charge in [0.15, 0.2) is 0 Å². The lowest BCUT2D eigenvalue weighted by molar-refractivity contribution is 0.709. The standard InChI is InChI=1S/C17H20N4/c1-11-15(12(2)21(3)20-11)8-17(18)16-10-19-9-13-6-4-5-7-14(13)16/h4-7,9-10,17H,8,18H2,1-3H3. The number of aryl methyl sites for hydroxylation is 2. The van der Waals surface area contributed by atoms with Gasteiger partial charge in [0.05, 0.1) is 5.69 Å². The highest BCUT2D eigenvalue weighted by Gasteiger charge is 2.16. The molecular formula is C17H20N4. The second kappa shape index (κ2) is 5.30. The fourth-order valence-electron chi connectivity index (χ4n) is 2.88. The van der Waals surface area contributed by atoms with Gasteiger partial charge in [0.2, 0.25) is 0 Å². The molecule has 4 nitrogen and oxygen atoms in total. The summed E-state index contributed by atoms with van der Waals surface area (Å²) in [6, 6.07) is 8.16. The Labute approximate surface area is 124 Å². The molecule has 0 aliphatic carbocycles. The first-order valence-corrected chi connectivity index (χ1v) is 7.15. The highest BCUT2D eigenvalue weighted by atomic mass is 15.3. The highest BCUT2D eigenvalue weighted by molar-refractivity contribution is 5.85. The van der Waals surface area contributed by atoms with E-state index < -0.39 is 0 Å². The molecule has 1 aromatic carbocycles. The number of benzene rings is 1. The van der Waals surface area contributed by atoms with Crippen LogP contribution in [0.5, 0.6) is 0 Å². The van der Waals surface area contributed by atoms with Crippen LogP contribution >= 0.6 is 0 Å².